The van der Waals surface area contributed by atoms with Crippen LogP contribution in [0.2, 0.25) is 0 Å². The van der Waals surface area contributed by atoms with Crippen LogP contribution in [0.15, 0.2) is 12.1 Å². The molecule has 1 aromatic rings. The lowest BCUT2D eigenvalue weighted by molar-refractivity contribution is 0.277. The standard InChI is InChI=1S/C12H18O2/c1-8-5-10(12(2,3)4)9(7-13)6-11(8)14/h5-6,13-14H,7H2,1-4H3. The Morgan fingerprint density at radius 1 is 1.21 bits per heavy atom. The highest BCUT2D eigenvalue weighted by Gasteiger charge is 2.18. The van der Waals surface area contributed by atoms with Crippen LogP contribution in [0.1, 0.15) is 37.5 Å². The van der Waals surface area contributed by atoms with Crippen LogP contribution in [0.3, 0.4) is 0 Å². The molecule has 1 aromatic carbocycles. The first-order valence-corrected chi connectivity index (χ1v) is 4.80. The Morgan fingerprint density at radius 3 is 2.21 bits per heavy atom. The molecule has 0 aliphatic heterocycles. The second-order valence-electron chi connectivity index (χ2n) is 4.70. The first-order valence-electron chi connectivity index (χ1n) is 4.80. The van der Waals surface area contributed by atoms with Crippen molar-refractivity contribution < 1.29 is 10.2 Å². The van der Waals surface area contributed by atoms with E-state index in [0.29, 0.717) is 0 Å². The van der Waals surface area contributed by atoms with Gasteiger partial charge in [-0.05, 0) is 35.1 Å². The molecule has 1 rings (SSSR count). The Kier molecular flexibility index (Phi) is 2.86. The fourth-order valence-corrected chi connectivity index (χ4v) is 1.57. The molecule has 0 saturated heterocycles. The summed E-state index contributed by atoms with van der Waals surface area (Å²) in [5.41, 5.74) is 2.75. The molecular weight excluding hydrogens is 176 g/mol. The molecule has 2 heteroatoms. The molecule has 0 radical (unpaired) electrons. The maximum Gasteiger partial charge on any atom is 0.118 e. The summed E-state index contributed by atoms with van der Waals surface area (Å²) in [6, 6.07) is 3.59. The summed E-state index contributed by atoms with van der Waals surface area (Å²) in [5.74, 6) is 0.252. The van der Waals surface area contributed by atoms with Gasteiger partial charge < -0.3 is 10.2 Å². The highest BCUT2D eigenvalue weighted by atomic mass is 16.3. The van der Waals surface area contributed by atoms with Gasteiger partial charge >= 0.3 is 0 Å². The molecule has 0 aromatic heterocycles. The molecule has 0 amide bonds. The fourth-order valence-electron chi connectivity index (χ4n) is 1.57. The van der Waals surface area contributed by atoms with Crippen molar-refractivity contribution in [3.05, 3.63) is 28.8 Å². The minimum Gasteiger partial charge on any atom is -0.508 e. The highest BCUT2D eigenvalue weighted by molar-refractivity contribution is 5.43. The molecule has 0 heterocycles. The fraction of sp³-hybridized carbons (Fsp3) is 0.500. The number of aliphatic hydroxyl groups is 1. The van der Waals surface area contributed by atoms with E-state index in [4.69, 9.17) is 0 Å². The van der Waals surface area contributed by atoms with Crippen molar-refractivity contribution in [2.75, 3.05) is 0 Å². The van der Waals surface area contributed by atoms with Crippen molar-refractivity contribution in [1.29, 1.82) is 0 Å². The van der Waals surface area contributed by atoms with Crippen LogP contribution in [-0.4, -0.2) is 10.2 Å². The SMILES string of the molecule is Cc1cc(C(C)(C)C)c(CO)cc1O. The third kappa shape index (κ3) is 2.07. The number of hydrogen-bond acceptors (Lipinski definition) is 2. The van der Waals surface area contributed by atoms with Gasteiger partial charge in [-0.2, -0.15) is 0 Å². The van der Waals surface area contributed by atoms with Gasteiger partial charge in [-0.25, -0.2) is 0 Å². The molecule has 0 saturated carbocycles. The number of phenols is 1. The van der Waals surface area contributed by atoms with Crippen LogP contribution in [0, 0.1) is 6.92 Å². The van der Waals surface area contributed by atoms with E-state index < -0.39 is 0 Å². The van der Waals surface area contributed by atoms with Gasteiger partial charge in [0, 0.05) is 0 Å². The monoisotopic (exact) mass is 194 g/mol. The van der Waals surface area contributed by atoms with E-state index in [2.05, 4.69) is 20.8 Å². The zero-order valence-corrected chi connectivity index (χ0v) is 9.26. The van der Waals surface area contributed by atoms with E-state index in [-0.39, 0.29) is 17.8 Å². The molecule has 14 heavy (non-hydrogen) atoms. The second-order valence-corrected chi connectivity index (χ2v) is 4.70. The van der Waals surface area contributed by atoms with Crippen LogP contribution in [0.5, 0.6) is 5.75 Å². The van der Waals surface area contributed by atoms with Gasteiger partial charge in [-0.3, -0.25) is 0 Å². The van der Waals surface area contributed by atoms with Crippen LogP contribution in [0.4, 0.5) is 0 Å². The van der Waals surface area contributed by atoms with Gasteiger partial charge in [0.05, 0.1) is 6.61 Å². The number of phenolic OH excluding ortho intramolecular Hbond substituents is 1. The van der Waals surface area contributed by atoms with Gasteiger partial charge in [-0.1, -0.05) is 26.8 Å². The molecule has 2 nitrogen and oxygen atoms in total. The molecule has 0 bridgehead atoms. The number of aromatic hydroxyl groups is 1. The van der Waals surface area contributed by atoms with Gasteiger partial charge in [0.1, 0.15) is 5.75 Å². The molecule has 2 N–H and O–H groups in total. The summed E-state index contributed by atoms with van der Waals surface area (Å²) in [6.45, 7) is 8.13. The molecule has 0 spiro atoms. The number of aryl methyl sites for hydroxylation is 1. The number of benzene rings is 1. The van der Waals surface area contributed by atoms with E-state index in [1.54, 1.807) is 6.07 Å². The third-order valence-corrected chi connectivity index (χ3v) is 2.40. The van der Waals surface area contributed by atoms with Gasteiger partial charge in [-0.15, -0.1) is 0 Å². The maximum absolute atomic E-state index is 9.51. The van der Waals surface area contributed by atoms with E-state index in [1.807, 2.05) is 13.0 Å². The summed E-state index contributed by atoms with van der Waals surface area (Å²) in [5, 5.41) is 18.7. The molecular formula is C12H18O2. The van der Waals surface area contributed by atoms with Crippen molar-refractivity contribution in [2.45, 2.75) is 39.7 Å². The lowest BCUT2D eigenvalue weighted by Crippen LogP contribution is -2.14. The van der Waals surface area contributed by atoms with Crippen LogP contribution in [-0.2, 0) is 12.0 Å². The van der Waals surface area contributed by atoms with Crippen molar-refractivity contribution in [3.8, 4) is 5.75 Å². The smallest absolute Gasteiger partial charge is 0.118 e. The molecule has 0 atom stereocenters. The van der Waals surface area contributed by atoms with Crippen LogP contribution in [0.25, 0.3) is 0 Å². The van der Waals surface area contributed by atoms with Crippen molar-refractivity contribution in [3.63, 3.8) is 0 Å². The first kappa shape index (κ1) is 11.1. The van der Waals surface area contributed by atoms with Gasteiger partial charge in [0.2, 0.25) is 0 Å². The van der Waals surface area contributed by atoms with E-state index in [1.165, 1.54) is 0 Å². The minimum absolute atomic E-state index is 0.00345. The average molecular weight is 194 g/mol. The lowest BCUT2D eigenvalue weighted by atomic mass is 9.83. The number of rotatable bonds is 1. The Labute approximate surface area is 85.2 Å². The Hall–Kier alpha value is -1.02. The van der Waals surface area contributed by atoms with E-state index >= 15 is 0 Å². The van der Waals surface area contributed by atoms with Gasteiger partial charge in [0.15, 0.2) is 0 Å². The second kappa shape index (κ2) is 3.62. The maximum atomic E-state index is 9.51. The molecule has 78 valence electrons. The molecule has 0 unspecified atom stereocenters. The zero-order chi connectivity index (χ0) is 10.9. The Bertz CT molecular complexity index is 335. The van der Waals surface area contributed by atoms with E-state index in [9.17, 15) is 10.2 Å². The number of hydrogen-bond donors (Lipinski definition) is 2. The average Bonchev–Trinajstić information content (AvgIpc) is 2.07. The third-order valence-electron chi connectivity index (χ3n) is 2.40. The quantitative estimate of drug-likeness (QED) is 0.721. The predicted molar refractivity (Wildman–Crippen MR) is 57.5 cm³/mol. The summed E-state index contributed by atoms with van der Waals surface area (Å²) < 4.78 is 0. The van der Waals surface area contributed by atoms with Crippen molar-refractivity contribution in [1.82, 2.24) is 0 Å². The summed E-state index contributed by atoms with van der Waals surface area (Å²) in [7, 11) is 0. The van der Waals surface area contributed by atoms with Crippen LogP contribution < -0.4 is 0 Å². The van der Waals surface area contributed by atoms with Crippen LogP contribution >= 0.6 is 0 Å². The highest BCUT2D eigenvalue weighted by Crippen LogP contribution is 2.30. The zero-order valence-electron chi connectivity index (χ0n) is 9.26. The normalized spacial score (nSPS) is 11.8. The molecule has 0 fully saturated rings. The largest absolute Gasteiger partial charge is 0.508 e. The van der Waals surface area contributed by atoms with Gasteiger partial charge in [0.25, 0.3) is 0 Å². The Morgan fingerprint density at radius 2 is 1.79 bits per heavy atom. The lowest BCUT2D eigenvalue weighted by Gasteiger charge is -2.23. The molecule has 0 aliphatic rings. The minimum atomic E-state index is -0.0273. The summed E-state index contributed by atoms with van der Waals surface area (Å²) in [6.07, 6.45) is 0. The Balaban J connectivity index is 3.35. The number of aliphatic hydroxyl groups excluding tert-OH is 1. The molecule has 0 aliphatic carbocycles. The van der Waals surface area contributed by atoms with Crippen molar-refractivity contribution in [2.24, 2.45) is 0 Å². The summed E-state index contributed by atoms with van der Waals surface area (Å²) in [4.78, 5) is 0. The van der Waals surface area contributed by atoms with E-state index in [0.717, 1.165) is 16.7 Å². The summed E-state index contributed by atoms with van der Waals surface area (Å²) >= 11 is 0. The van der Waals surface area contributed by atoms with Crippen molar-refractivity contribution >= 4 is 0 Å². The predicted octanol–water partition coefficient (Wildman–Crippen LogP) is 2.49. The first-order chi connectivity index (χ1) is 6.36. The topological polar surface area (TPSA) is 40.5 Å².